The summed E-state index contributed by atoms with van der Waals surface area (Å²) in [6.45, 7) is 1.34. The van der Waals surface area contributed by atoms with Gasteiger partial charge in [-0.15, -0.1) is 0 Å². The van der Waals surface area contributed by atoms with Crippen LogP contribution in [0.15, 0.2) is 18.3 Å². The summed E-state index contributed by atoms with van der Waals surface area (Å²) in [5, 5.41) is 9.13. The van der Waals surface area contributed by atoms with Crippen LogP contribution in [0.2, 0.25) is 0 Å². The van der Waals surface area contributed by atoms with Crippen LogP contribution in [0.5, 0.6) is 0 Å². The number of carboxylic acid groups (broad SMARTS) is 1. The monoisotopic (exact) mass is 286 g/mol. The number of aliphatic carboxylic acids is 1. The van der Waals surface area contributed by atoms with Gasteiger partial charge in [-0.2, -0.15) is 0 Å². The number of piperidine rings is 1. The molecular formula is C16H18N2O3. The van der Waals surface area contributed by atoms with Crippen LogP contribution in [-0.4, -0.2) is 40.0 Å². The minimum Gasteiger partial charge on any atom is -0.481 e. The van der Waals surface area contributed by atoms with Crippen LogP contribution in [-0.2, 0) is 22.4 Å². The molecule has 2 aliphatic carbocycles. The van der Waals surface area contributed by atoms with E-state index in [1.54, 1.807) is 6.20 Å². The summed E-state index contributed by atoms with van der Waals surface area (Å²) in [7, 11) is 0. The normalized spacial score (nSPS) is 33.2. The standard InChI is InChI=1S/C16H18N2O3/c19-15(10-6-9-2-1-4-17-13(9)7-10)18-5-3-11-12(8-18)14(11)16(20)21/h1-2,4,10-12,14H,3,5-8H2,(H,20,21)/t10?,11-,12+,14-/m1/s1. The smallest absolute Gasteiger partial charge is 0.307 e. The van der Waals surface area contributed by atoms with Crippen molar-refractivity contribution in [2.45, 2.75) is 19.3 Å². The molecule has 1 amide bonds. The molecule has 110 valence electrons. The molecule has 0 radical (unpaired) electrons. The molecule has 5 heteroatoms. The zero-order chi connectivity index (χ0) is 14.6. The van der Waals surface area contributed by atoms with Crippen molar-refractivity contribution in [3.8, 4) is 0 Å². The predicted octanol–water partition coefficient (Wildman–Crippen LogP) is 0.975. The van der Waals surface area contributed by atoms with Crippen molar-refractivity contribution >= 4 is 11.9 Å². The molecule has 1 aromatic heterocycles. The number of nitrogens with zero attached hydrogens (tertiary/aromatic N) is 2. The summed E-state index contributed by atoms with van der Waals surface area (Å²) >= 11 is 0. The summed E-state index contributed by atoms with van der Waals surface area (Å²) in [6.07, 6.45) is 4.11. The lowest BCUT2D eigenvalue weighted by Gasteiger charge is -2.28. The van der Waals surface area contributed by atoms with Crippen LogP contribution < -0.4 is 0 Å². The lowest BCUT2D eigenvalue weighted by molar-refractivity contribution is -0.140. The average Bonchev–Trinajstić information content (AvgIpc) is 3.05. The first-order chi connectivity index (χ1) is 10.1. The summed E-state index contributed by atoms with van der Waals surface area (Å²) in [4.78, 5) is 30.0. The zero-order valence-electron chi connectivity index (χ0n) is 11.7. The third-order valence-electron chi connectivity index (χ3n) is 5.33. The number of hydrogen-bond acceptors (Lipinski definition) is 3. The third-order valence-corrected chi connectivity index (χ3v) is 5.33. The Morgan fingerprint density at radius 3 is 2.90 bits per heavy atom. The number of amides is 1. The van der Waals surface area contributed by atoms with Gasteiger partial charge in [0, 0.05) is 37.3 Å². The Morgan fingerprint density at radius 2 is 2.14 bits per heavy atom. The van der Waals surface area contributed by atoms with Crippen molar-refractivity contribution < 1.29 is 14.7 Å². The number of carbonyl (C=O) groups excluding carboxylic acids is 1. The van der Waals surface area contributed by atoms with Gasteiger partial charge >= 0.3 is 5.97 Å². The average molecular weight is 286 g/mol. The maximum absolute atomic E-state index is 12.7. The molecule has 4 atom stereocenters. The highest BCUT2D eigenvalue weighted by Gasteiger charge is 2.57. The largest absolute Gasteiger partial charge is 0.481 e. The van der Waals surface area contributed by atoms with E-state index in [1.165, 1.54) is 5.56 Å². The SMILES string of the molecule is O=C(O)[C@@H]1[C@@H]2CCN(C(=O)C3Cc4cccnc4C3)C[C@@H]21. The Bertz CT molecular complexity index is 590. The third kappa shape index (κ3) is 2.03. The fourth-order valence-electron chi connectivity index (χ4n) is 4.15. The van der Waals surface area contributed by atoms with Gasteiger partial charge in [-0.1, -0.05) is 6.07 Å². The number of likely N-dealkylation sites (tertiary alicyclic amines) is 1. The molecular weight excluding hydrogens is 268 g/mol. The number of pyridine rings is 1. The van der Waals surface area contributed by atoms with Crippen molar-refractivity contribution in [2.24, 2.45) is 23.7 Å². The summed E-state index contributed by atoms with van der Waals surface area (Å²) in [5.41, 5.74) is 2.22. The van der Waals surface area contributed by atoms with Gasteiger partial charge in [0.2, 0.25) is 5.91 Å². The highest BCUT2D eigenvalue weighted by molar-refractivity contribution is 5.81. The molecule has 0 spiro atoms. The molecule has 0 bridgehead atoms. The van der Waals surface area contributed by atoms with Crippen LogP contribution in [0.4, 0.5) is 0 Å². The number of rotatable bonds is 2. The first-order valence-electron chi connectivity index (χ1n) is 7.59. The Labute approximate surface area is 123 Å². The molecule has 4 rings (SSSR count). The summed E-state index contributed by atoms with van der Waals surface area (Å²) in [6, 6.07) is 3.96. The van der Waals surface area contributed by atoms with Crippen molar-refractivity contribution in [1.82, 2.24) is 9.88 Å². The van der Waals surface area contributed by atoms with E-state index in [9.17, 15) is 9.59 Å². The van der Waals surface area contributed by atoms with Gasteiger partial charge in [0.05, 0.1) is 5.92 Å². The molecule has 2 fully saturated rings. The van der Waals surface area contributed by atoms with Crippen LogP contribution in [0.3, 0.4) is 0 Å². The van der Waals surface area contributed by atoms with E-state index in [-0.39, 0.29) is 23.7 Å². The first-order valence-corrected chi connectivity index (χ1v) is 7.59. The van der Waals surface area contributed by atoms with Gasteiger partial charge in [0.1, 0.15) is 0 Å². The van der Waals surface area contributed by atoms with Crippen LogP contribution in [0, 0.1) is 23.7 Å². The molecule has 1 N–H and O–H groups in total. The van der Waals surface area contributed by atoms with Crippen molar-refractivity contribution in [2.75, 3.05) is 13.1 Å². The molecule has 0 aromatic carbocycles. The molecule has 1 saturated carbocycles. The number of carbonyl (C=O) groups is 2. The fraction of sp³-hybridized carbons (Fsp3) is 0.562. The molecule has 1 aromatic rings. The molecule has 1 saturated heterocycles. The van der Waals surface area contributed by atoms with E-state index in [1.807, 2.05) is 17.0 Å². The summed E-state index contributed by atoms with van der Waals surface area (Å²) in [5.74, 6) is -0.255. The van der Waals surface area contributed by atoms with Gasteiger partial charge in [0.15, 0.2) is 0 Å². The number of carboxylic acids is 1. The second-order valence-electron chi connectivity index (χ2n) is 6.48. The maximum atomic E-state index is 12.7. The predicted molar refractivity (Wildman–Crippen MR) is 74.4 cm³/mol. The van der Waals surface area contributed by atoms with E-state index >= 15 is 0 Å². The minimum atomic E-state index is -0.697. The molecule has 21 heavy (non-hydrogen) atoms. The lowest BCUT2D eigenvalue weighted by Crippen LogP contribution is -2.41. The molecule has 3 aliphatic rings. The second kappa shape index (κ2) is 4.55. The van der Waals surface area contributed by atoms with Gasteiger partial charge in [-0.05, 0) is 36.3 Å². The van der Waals surface area contributed by atoms with Crippen LogP contribution in [0.25, 0.3) is 0 Å². The lowest BCUT2D eigenvalue weighted by atomic mass is 10.0. The molecule has 1 aliphatic heterocycles. The van der Waals surface area contributed by atoms with E-state index in [0.717, 1.165) is 25.0 Å². The zero-order valence-corrected chi connectivity index (χ0v) is 11.7. The Kier molecular flexibility index (Phi) is 2.77. The van der Waals surface area contributed by atoms with E-state index in [4.69, 9.17) is 5.11 Å². The first kappa shape index (κ1) is 12.8. The van der Waals surface area contributed by atoms with Gasteiger partial charge in [-0.25, -0.2) is 0 Å². The van der Waals surface area contributed by atoms with Crippen LogP contribution >= 0.6 is 0 Å². The fourth-order valence-corrected chi connectivity index (χ4v) is 4.15. The highest BCUT2D eigenvalue weighted by atomic mass is 16.4. The highest BCUT2D eigenvalue weighted by Crippen LogP contribution is 2.51. The van der Waals surface area contributed by atoms with Crippen molar-refractivity contribution in [3.63, 3.8) is 0 Å². The quantitative estimate of drug-likeness (QED) is 0.879. The Hall–Kier alpha value is -1.91. The number of hydrogen-bond donors (Lipinski definition) is 1. The Morgan fingerprint density at radius 1 is 1.29 bits per heavy atom. The second-order valence-corrected chi connectivity index (χ2v) is 6.48. The van der Waals surface area contributed by atoms with Gasteiger partial charge < -0.3 is 10.0 Å². The molecule has 2 heterocycles. The number of aromatic nitrogens is 1. The topological polar surface area (TPSA) is 70.5 Å². The van der Waals surface area contributed by atoms with E-state index in [0.29, 0.717) is 19.0 Å². The van der Waals surface area contributed by atoms with E-state index < -0.39 is 5.97 Å². The van der Waals surface area contributed by atoms with Gasteiger partial charge in [-0.3, -0.25) is 14.6 Å². The van der Waals surface area contributed by atoms with Crippen molar-refractivity contribution in [3.05, 3.63) is 29.6 Å². The molecule has 5 nitrogen and oxygen atoms in total. The minimum absolute atomic E-state index is 0.00604. The van der Waals surface area contributed by atoms with Crippen LogP contribution in [0.1, 0.15) is 17.7 Å². The van der Waals surface area contributed by atoms with Crippen molar-refractivity contribution in [1.29, 1.82) is 0 Å². The molecule has 1 unspecified atom stereocenters. The Balaban J connectivity index is 1.42. The van der Waals surface area contributed by atoms with E-state index in [2.05, 4.69) is 4.98 Å². The van der Waals surface area contributed by atoms with Gasteiger partial charge in [0.25, 0.3) is 0 Å². The maximum Gasteiger partial charge on any atom is 0.307 e. The number of fused-ring (bicyclic) bond motifs is 2. The summed E-state index contributed by atoms with van der Waals surface area (Å²) < 4.78 is 0.